The molecule has 0 aliphatic carbocycles. The van der Waals surface area contributed by atoms with E-state index in [9.17, 15) is 14.0 Å². The van der Waals surface area contributed by atoms with Gasteiger partial charge in [0, 0.05) is 60.5 Å². The molecule has 0 bridgehead atoms. The maximum absolute atomic E-state index is 15.5. The number of nitrogens with zero attached hydrogens (tertiary/aromatic N) is 4. The van der Waals surface area contributed by atoms with E-state index in [0.717, 1.165) is 35.9 Å². The van der Waals surface area contributed by atoms with Gasteiger partial charge in [-0.05, 0) is 80.8 Å². The van der Waals surface area contributed by atoms with E-state index in [4.69, 9.17) is 19.3 Å². The van der Waals surface area contributed by atoms with E-state index < -0.39 is 23.1 Å². The Labute approximate surface area is 275 Å². The summed E-state index contributed by atoms with van der Waals surface area (Å²) in [6, 6.07) is 16.7. The van der Waals surface area contributed by atoms with Crippen molar-refractivity contribution in [1.29, 1.82) is 0 Å². The Bertz CT molecular complexity index is 2000. The highest BCUT2D eigenvalue weighted by Gasteiger charge is 2.24. The number of pyridine rings is 1. The molecule has 7 rings (SSSR count). The number of aromatic nitrogens is 3. The number of rotatable bonds is 8. The molecule has 2 fully saturated rings. The zero-order valence-electron chi connectivity index (χ0n) is 26.4. The normalized spacial score (nSPS) is 18.2. The lowest BCUT2D eigenvalue weighted by Gasteiger charge is -2.33. The van der Waals surface area contributed by atoms with Gasteiger partial charge < -0.3 is 24.4 Å². The number of fused-ring (bicyclic) bond motifs is 1. The third kappa shape index (κ3) is 6.80. The van der Waals surface area contributed by atoms with Gasteiger partial charge in [0.15, 0.2) is 17.3 Å². The molecule has 48 heavy (non-hydrogen) atoms. The quantitative estimate of drug-likeness (QED) is 0.208. The molecule has 2 aromatic heterocycles. The number of carbonyl (C=O) groups is 1. The van der Waals surface area contributed by atoms with E-state index in [1.54, 1.807) is 24.4 Å². The standard InChI is InChI=1S/C36H35F2N5O5/c1-23-21-41(14-16-46-23)31-20-30-25(22-43(40-30)35-6-2-3-15-47-35)17-33(31)48-32-12-9-27(19-29(32)38)39-34(44)18-24-5-4-13-42(36(24)45)28-10-7-26(37)8-11-28/h4-5,7-13,17,19-20,22-23,35H,2-3,6,14-16,18,21H2,1H3,(H,39,44). The number of benzene rings is 3. The minimum absolute atomic E-state index is 0.0109. The number of halogens is 2. The summed E-state index contributed by atoms with van der Waals surface area (Å²) in [5.41, 5.74) is 2.07. The monoisotopic (exact) mass is 655 g/mol. The molecule has 0 radical (unpaired) electrons. The van der Waals surface area contributed by atoms with Gasteiger partial charge in [-0.3, -0.25) is 14.2 Å². The van der Waals surface area contributed by atoms with E-state index >= 15 is 4.39 Å². The molecule has 4 heterocycles. The molecule has 1 amide bonds. The molecular weight excluding hydrogens is 620 g/mol. The number of hydrogen-bond acceptors (Lipinski definition) is 7. The van der Waals surface area contributed by atoms with E-state index in [2.05, 4.69) is 10.2 Å². The van der Waals surface area contributed by atoms with Crippen LogP contribution in [-0.4, -0.2) is 52.7 Å². The molecule has 5 aromatic rings. The Hall–Kier alpha value is -5.07. The second kappa shape index (κ2) is 13.6. The molecule has 2 unspecified atom stereocenters. The molecule has 12 heteroatoms. The minimum Gasteiger partial charge on any atom is -0.452 e. The maximum Gasteiger partial charge on any atom is 0.258 e. The number of anilines is 2. The average Bonchev–Trinajstić information content (AvgIpc) is 3.51. The van der Waals surface area contributed by atoms with Gasteiger partial charge in [-0.2, -0.15) is 5.10 Å². The highest BCUT2D eigenvalue weighted by Crippen LogP contribution is 2.39. The van der Waals surface area contributed by atoms with Crippen LogP contribution < -0.4 is 20.5 Å². The number of nitrogens with one attached hydrogen (secondary N) is 1. The number of morpholine rings is 1. The fourth-order valence-electron chi connectivity index (χ4n) is 6.14. The second-order valence-corrected chi connectivity index (χ2v) is 12.1. The van der Waals surface area contributed by atoms with Crippen LogP contribution in [0.3, 0.4) is 0 Å². The zero-order valence-corrected chi connectivity index (χ0v) is 26.4. The van der Waals surface area contributed by atoms with Gasteiger partial charge in [0.25, 0.3) is 5.56 Å². The van der Waals surface area contributed by atoms with Crippen LogP contribution in [0.25, 0.3) is 16.6 Å². The van der Waals surface area contributed by atoms with Crippen molar-refractivity contribution in [2.24, 2.45) is 0 Å². The van der Waals surface area contributed by atoms with Crippen LogP contribution in [0.5, 0.6) is 11.5 Å². The van der Waals surface area contributed by atoms with E-state index in [1.807, 2.05) is 29.9 Å². The van der Waals surface area contributed by atoms with Crippen LogP contribution in [0.4, 0.5) is 20.2 Å². The Morgan fingerprint density at radius 2 is 1.88 bits per heavy atom. The average molecular weight is 656 g/mol. The minimum atomic E-state index is -0.668. The summed E-state index contributed by atoms with van der Waals surface area (Å²) in [5, 5.41) is 8.31. The van der Waals surface area contributed by atoms with Gasteiger partial charge in [-0.1, -0.05) is 6.07 Å². The van der Waals surface area contributed by atoms with Gasteiger partial charge in [-0.15, -0.1) is 0 Å². The number of ether oxygens (including phenoxy) is 3. The highest BCUT2D eigenvalue weighted by molar-refractivity contribution is 5.92. The van der Waals surface area contributed by atoms with Crippen molar-refractivity contribution in [3.05, 3.63) is 107 Å². The first-order valence-corrected chi connectivity index (χ1v) is 16.1. The molecule has 2 atom stereocenters. The maximum atomic E-state index is 15.5. The first kappa shape index (κ1) is 31.5. The molecule has 3 aromatic carbocycles. The SMILES string of the molecule is CC1CN(c2cc3nn(C4CCCCO4)cc3cc2Oc2ccc(NC(=O)Cc3cccn(-c4ccc(F)cc4)c3=O)cc2F)CCO1. The van der Waals surface area contributed by atoms with Crippen LogP contribution in [-0.2, 0) is 20.7 Å². The van der Waals surface area contributed by atoms with Crippen molar-refractivity contribution in [1.82, 2.24) is 14.3 Å². The van der Waals surface area contributed by atoms with Crippen LogP contribution in [0.1, 0.15) is 38.0 Å². The molecule has 10 nitrogen and oxygen atoms in total. The number of hydrogen-bond donors (Lipinski definition) is 1. The number of carbonyl (C=O) groups excluding carboxylic acids is 1. The predicted molar refractivity (Wildman–Crippen MR) is 177 cm³/mol. The van der Waals surface area contributed by atoms with E-state index in [1.165, 1.54) is 41.0 Å². The van der Waals surface area contributed by atoms with Gasteiger partial charge in [0.05, 0.1) is 30.3 Å². The van der Waals surface area contributed by atoms with Gasteiger partial charge >= 0.3 is 0 Å². The highest BCUT2D eigenvalue weighted by atomic mass is 19.1. The molecular formula is C36H35F2N5O5. The van der Waals surface area contributed by atoms with Crippen LogP contribution in [0.2, 0.25) is 0 Å². The van der Waals surface area contributed by atoms with Crippen molar-refractivity contribution < 1.29 is 27.8 Å². The van der Waals surface area contributed by atoms with Gasteiger partial charge in [-0.25, -0.2) is 13.5 Å². The topological polar surface area (TPSA) is 99.9 Å². The summed E-state index contributed by atoms with van der Waals surface area (Å²) in [5.74, 6) is -1.12. The van der Waals surface area contributed by atoms with Crippen LogP contribution in [0, 0.1) is 11.6 Å². The lowest BCUT2D eigenvalue weighted by molar-refractivity contribution is -0.115. The van der Waals surface area contributed by atoms with Gasteiger partial charge in [0.2, 0.25) is 5.91 Å². The van der Waals surface area contributed by atoms with Crippen molar-refractivity contribution in [3.8, 4) is 17.2 Å². The largest absolute Gasteiger partial charge is 0.452 e. The van der Waals surface area contributed by atoms with E-state index in [-0.39, 0.29) is 35.8 Å². The molecule has 1 N–H and O–H groups in total. The van der Waals surface area contributed by atoms with Crippen LogP contribution >= 0.6 is 0 Å². The van der Waals surface area contributed by atoms with Crippen molar-refractivity contribution in [3.63, 3.8) is 0 Å². The molecule has 2 aliphatic rings. The summed E-state index contributed by atoms with van der Waals surface area (Å²) in [6.07, 6.45) is 6.13. The Kier molecular flexibility index (Phi) is 8.92. The summed E-state index contributed by atoms with van der Waals surface area (Å²) in [7, 11) is 0. The molecule has 0 spiro atoms. The predicted octanol–water partition coefficient (Wildman–Crippen LogP) is 6.36. The van der Waals surface area contributed by atoms with Gasteiger partial charge in [0.1, 0.15) is 12.0 Å². The fraction of sp³-hybridized carbons (Fsp3) is 0.306. The first-order chi connectivity index (χ1) is 23.3. The van der Waals surface area contributed by atoms with Crippen molar-refractivity contribution >= 4 is 28.2 Å². The second-order valence-electron chi connectivity index (χ2n) is 12.1. The fourth-order valence-corrected chi connectivity index (χ4v) is 6.14. The molecule has 248 valence electrons. The zero-order chi connectivity index (χ0) is 33.2. The Balaban J connectivity index is 1.10. The van der Waals surface area contributed by atoms with Crippen molar-refractivity contribution in [2.75, 3.05) is 36.5 Å². The summed E-state index contributed by atoms with van der Waals surface area (Å²) in [4.78, 5) is 28.1. The Morgan fingerprint density at radius 3 is 2.65 bits per heavy atom. The first-order valence-electron chi connectivity index (χ1n) is 16.1. The third-order valence-electron chi connectivity index (χ3n) is 8.55. The lowest BCUT2D eigenvalue weighted by Crippen LogP contribution is -2.41. The molecule has 0 saturated carbocycles. The summed E-state index contributed by atoms with van der Waals surface area (Å²) < 4.78 is 50.0. The lowest BCUT2D eigenvalue weighted by atomic mass is 10.1. The Morgan fingerprint density at radius 1 is 1.02 bits per heavy atom. The summed E-state index contributed by atoms with van der Waals surface area (Å²) >= 11 is 0. The molecule has 2 saturated heterocycles. The third-order valence-corrected chi connectivity index (χ3v) is 8.55. The van der Waals surface area contributed by atoms with Crippen LogP contribution in [0.15, 0.2) is 83.9 Å². The van der Waals surface area contributed by atoms with Crippen molar-refractivity contribution in [2.45, 2.75) is 44.9 Å². The molecule has 2 aliphatic heterocycles. The number of amides is 1. The van der Waals surface area contributed by atoms with E-state index in [0.29, 0.717) is 37.7 Å². The smallest absolute Gasteiger partial charge is 0.258 e. The summed E-state index contributed by atoms with van der Waals surface area (Å²) in [6.45, 7) is 4.53.